The number of hydrogen-bond acceptors (Lipinski definition) is 5. The van der Waals surface area contributed by atoms with Crippen molar-refractivity contribution >= 4 is 43.0 Å². The van der Waals surface area contributed by atoms with E-state index >= 15 is 0 Å². The van der Waals surface area contributed by atoms with E-state index in [-0.39, 0.29) is 22.3 Å². The lowest BCUT2D eigenvalue weighted by Crippen LogP contribution is -2.51. The Morgan fingerprint density at radius 3 is 2.23 bits per heavy atom. The standard InChI is InChI=1S/C12H17ClN2O4S3/c1-21(16,17)15-9-2-3-10(15)7-8(6-9)14-22(18,19)12-5-4-11(13)20-12/h4-5,8-10,14H,2-3,6-7H2,1H3. The van der Waals surface area contributed by atoms with Crippen LogP contribution >= 0.6 is 22.9 Å². The first-order valence-corrected chi connectivity index (χ1v) is 11.5. The van der Waals surface area contributed by atoms with Crippen molar-refractivity contribution in [2.24, 2.45) is 0 Å². The van der Waals surface area contributed by atoms with Crippen molar-refractivity contribution in [3.8, 4) is 0 Å². The predicted molar refractivity (Wildman–Crippen MR) is 86.2 cm³/mol. The monoisotopic (exact) mass is 384 g/mol. The molecule has 22 heavy (non-hydrogen) atoms. The van der Waals surface area contributed by atoms with Crippen LogP contribution in [0.25, 0.3) is 0 Å². The van der Waals surface area contributed by atoms with Crippen LogP contribution in [-0.2, 0) is 20.0 Å². The van der Waals surface area contributed by atoms with Gasteiger partial charge in [-0.2, -0.15) is 4.31 Å². The van der Waals surface area contributed by atoms with Crippen LogP contribution < -0.4 is 4.72 Å². The van der Waals surface area contributed by atoms with E-state index in [2.05, 4.69) is 4.72 Å². The maximum Gasteiger partial charge on any atom is 0.250 e. The van der Waals surface area contributed by atoms with Crippen molar-refractivity contribution in [2.75, 3.05) is 6.26 Å². The minimum absolute atomic E-state index is 0.103. The van der Waals surface area contributed by atoms with E-state index in [0.29, 0.717) is 17.2 Å². The highest BCUT2D eigenvalue weighted by Crippen LogP contribution is 2.38. The van der Waals surface area contributed by atoms with Gasteiger partial charge in [-0.15, -0.1) is 11.3 Å². The molecule has 124 valence electrons. The summed E-state index contributed by atoms with van der Waals surface area (Å²) in [4.78, 5) is 0. The molecule has 0 saturated carbocycles. The zero-order valence-corrected chi connectivity index (χ0v) is 15.1. The molecule has 2 fully saturated rings. The van der Waals surface area contributed by atoms with Crippen LogP contribution in [0, 0.1) is 0 Å². The van der Waals surface area contributed by atoms with E-state index in [1.807, 2.05) is 0 Å². The Labute approximate surface area is 139 Å². The first-order valence-electron chi connectivity index (χ1n) is 6.93. The van der Waals surface area contributed by atoms with Gasteiger partial charge in [0, 0.05) is 18.1 Å². The molecule has 2 aliphatic heterocycles. The summed E-state index contributed by atoms with van der Waals surface area (Å²) in [5.74, 6) is 0. The topological polar surface area (TPSA) is 83.6 Å². The molecule has 2 aliphatic rings. The van der Waals surface area contributed by atoms with Gasteiger partial charge in [0.15, 0.2) is 0 Å². The van der Waals surface area contributed by atoms with Crippen LogP contribution in [0.15, 0.2) is 16.3 Å². The lowest BCUT2D eigenvalue weighted by Gasteiger charge is -2.37. The number of rotatable bonds is 4. The van der Waals surface area contributed by atoms with Gasteiger partial charge < -0.3 is 0 Å². The zero-order valence-electron chi connectivity index (χ0n) is 11.9. The number of hydrogen-bond donors (Lipinski definition) is 1. The normalized spacial score (nSPS) is 29.8. The Kier molecular flexibility index (Phi) is 4.33. The Balaban J connectivity index is 1.75. The molecule has 2 atom stereocenters. The van der Waals surface area contributed by atoms with Gasteiger partial charge in [-0.3, -0.25) is 0 Å². The quantitative estimate of drug-likeness (QED) is 0.855. The third-order valence-corrected chi connectivity index (χ3v) is 8.79. The summed E-state index contributed by atoms with van der Waals surface area (Å²) in [6.45, 7) is 0. The van der Waals surface area contributed by atoms with Gasteiger partial charge in [0.2, 0.25) is 20.0 Å². The van der Waals surface area contributed by atoms with Crippen LogP contribution in [-0.4, -0.2) is 45.5 Å². The number of sulfonamides is 2. The van der Waals surface area contributed by atoms with Gasteiger partial charge in [0.25, 0.3) is 0 Å². The summed E-state index contributed by atoms with van der Waals surface area (Å²) < 4.78 is 53.2. The predicted octanol–water partition coefficient (Wildman–Crippen LogP) is 1.63. The molecule has 0 aromatic carbocycles. The minimum atomic E-state index is -3.59. The summed E-state index contributed by atoms with van der Waals surface area (Å²) in [5, 5.41) is 0. The van der Waals surface area contributed by atoms with Crippen LogP contribution in [0.5, 0.6) is 0 Å². The fourth-order valence-corrected chi connectivity index (χ4v) is 7.72. The number of nitrogens with zero attached hydrogens (tertiary/aromatic N) is 1. The number of halogens is 1. The van der Waals surface area contributed by atoms with Gasteiger partial charge in [0.1, 0.15) is 4.21 Å². The van der Waals surface area contributed by atoms with Crippen LogP contribution in [0.2, 0.25) is 4.34 Å². The molecule has 3 heterocycles. The number of fused-ring (bicyclic) bond motifs is 2. The van der Waals surface area contributed by atoms with Crippen molar-refractivity contribution in [1.82, 2.24) is 9.03 Å². The van der Waals surface area contributed by atoms with Gasteiger partial charge in [-0.25, -0.2) is 21.6 Å². The second-order valence-corrected chi connectivity index (χ2v) is 11.4. The smallest absolute Gasteiger partial charge is 0.212 e. The summed E-state index contributed by atoms with van der Waals surface area (Å²) in [5.41, 5.74) is 0. The molecule has 0 aliphatic carbocycles. The SMILES string of the molecule is CS(=O)(=O)N1C2CCC1CC(NS(=O)(=O)c1ccc(Cl)s1)C2. The van der Waals surface area contributed by atoms with Crippen LogP contribution in [0.4, 0.5) is 0 Å². The molecule has 2 saturated heterocycles. The van der Waals surface area contributed by atoms with Crippen LogP contribution in [0.1, 0.15) is 25.7 Å². The van der Waals surface area contributed by atoms with Crippen molar-refractivity contribution in [1.29, 1.82) is 0 Å². The molecule has 3 rings (SSSR count). The molecule has 2 bridgehead atoms. The zero-order chi connectivity index (χ0) is 16.1. The second-order valence-electron chi connectivity index (χ2n) is 5.83. The van der Waals surface area contributed by atoms with Crippen LogP contribution in [0.3, 0.4) is 0 Å². The Morgan fingerprint density at radius 1 is 1.18 bits per heavy atom. The summed E-state index contributed by atoms with van der Waals surface area (Å²) in [6.07, 6.45) is 3.84. The fraction of sp³-hybridized carbons (Fsp3) is 0.667. The third kappa shape index (κ3) is 3.20. The number of piperidine rings is 1. The van der Waals surface area contributed by atoms with E-state index in [1.165, 1.54) is 12.3 Å². The van der Waals surface area contributed by atoms with Crippen molar-refractivity contribution < 1.29 is 16.8 Å². The van der Waals surface area contributed by atoms with Gasteiger partial charge in [-0.1, -0.05) is 11.6 Å². The molecule has 1 N–H and O–H groups in total. The summed E-state index contributed by atoms with van der Waals surface area (Å²) in [6, 6.07) is 2.59. The van der Waals surface area contributed by atoms with E-state index < -0.39 is 20.0 Å². The van der Waals surface area contributed by atoms with E-state index in [1.54, 1.807) is 10.4 Å². The maximum atomic E-state index is 12.3. The summed E-state index contributed by atoms with van der Waals surface area (Å²) >= 11 is 6.80. The molecule has 0 radical (unpaired) electrons. The first kappa shape index (κ1) is 16.7. The average molecular weight is 385 g/mol. The average Bonchev–Trinajstić information content (AvgIpc) is 2.92. The van der Waals surface area contributed by atoms with Crippen molar-refractivity contribution in [3.05, 3.63) is 16.5 Å². The largest absolute Gasteiger partial charge is 0.250 e. The fourth-order valence-electron chi connectivity index (χ4n) is 3.49. The van der Waals surface area contributed by atoms with E-state index in [4.69, 9.17) is 11.6 Å². The molecule has 1 aromatic rings. The highest BCUT2D eigenvalue weighted by atomic mass is 35.5. The second kappa shape index (κ2) is 5.71. The van der Waals surface area contributed by atoms with Gasteiger partial charge in [-0.05, 0) is 37.8 Å². The molecule has 0 amide bonds. The first-order chi connectivity index (χ1) is 10.2. The van der Waals surface area contributed by atoms with Crippen molar-refractivity contribution in [2.45, 2.75) is 48.0 Å². The lowest BCUT2D eigenvalue weighted by atomic mass is 10.0. The molecule has 1 aromatic heterocycles. The van der Waals surface area contributed by atoms with Gasteiger partial charge >= 0.3 is 0 Å². The molecule has 0 spiro atoms. The minimum Gasteiger partial charge on any atom is -0.212 e. The third-order valence-electron chi connectivity index (χ3n) is 4.18. The Hall–Kier alpha value is -0.190. The molecular formula is C12H17ClN2O4S3. The lowest BCUT2D eigenvalue weighted by molar-refractivity contribution is 0.221. The van der Waals surface area contributed by atoms with Gasteiger partial charge in [0.05, 0.1) is 10.6 Å². The number of nitrogens with one attached hydrogen (secondary N) is 1. The highest BCUT2D eigenvalue weighted by Gasteiger charge is 2.46. The summed E-state index contributed by atoms with van der Waals surface area (Å²) in [7, 11) is -6.83. The molecular weight excluding hydrogens is 368 g/mol. The molecule has 10 heteroatoms. The molecule has 2 unspecified atom stereocenters. The Bertz CT molecular complexity index is 760. The van der Waals surface area contributed by atoms with Crippen molar-refractivity contribution in [3.63, 3.8) is 0 Å². The molecule has 6 nitrogen and oxygen atoms in total. The Morgan fingerprint density at radius 2 is 1.77 bits per heavy atom. The number of thiophene rings is 1. The highest BCUT2D eigenvalue weighted by molar-refractivity contribution is 7.91. The van der Waals surface area contributed by atoms with E-state index in [0.717, 1.165) is 24.2 Å². The maximum absolute atomic E-state index is 12.3. The van der Waals surface area contributed by atoms with E-state index in [9.17, 15) is 16.8 Å².